The van der Waals surface area contributed by atoms with Crippen LogP contribution in [0.4, 0.5) is 0 Å². The van der Waals surface area contributed by atoms with E-state index in [-0.39, 0.29) is 5.92 Å². The lowest BCUT2D eigenvalue weighted by molar-refractivity contribution is 0.0967. The average molecular weight is 232 g/mol. The number of hydrogen-bond acceptors (Lipinski definition) is 2. The Labute approximate surface area is 103 Å². The second kappa shape index (κ2) is 4.52. The van der Waals surface area contributed by atoms with Crippen molar-refractivity contribution in [2.24, 2.45) is 5.92 Å². The fourth-order valence-corrected chi connectivity index (χ4v) is 2.16. The van der Waals surface area contributed by atoms with E-state index in [0.29, 0.717) is 11.7 Å². The number of carbonyl (C=O) groups excluding carboxylic acids is 1. The molecule has 2 rings (SSSR count). The number of ketones is 1. The van der Waals surface area contributed by atoms with Crippen molar-refractivity contribution in [3.05, 3.63) is 28.8 Å². The summed E-state index contributed by atoms with van der Waals surface area (Å²) in [4.78, 5) is 12.2. The van der Waals surface area contributed by atoms with Crippen LogP contribution in [0.1, 0.15) is 54.1 Å². The Balaban J connectivity index is 2.45. The van der Waals surface area contributed by atoms with Gasteiger partial charge in [0, 0.05) is 11.5 Å². The summed E-state index contributed by atoms with van der Waals surface area (Å²) in [5.41, 5.74) is 3.04. The summed E-state index contributed by atoms with van der Waals surface area (Å²) in [6.45, 7) is 6.24. The van der Waals surface area contributed by atoms with E-state index in [9.17, 15) is 4.79 Å². The van der Waals surface area contributed by atoms with Gasteiger partial charge in [-0.3, -0.25) is 4.79 Å². The smallest absolute Gasteiger partial charge is 0.166 e. The highest BCUT2D eigenvalue weighted by Gasteiger charge is 2.31. The first-order valence-electron chi connectivity index (χ1n) is 6.27. The summed E-state index contributed by atoms with van der Waals surface area (Å²) in [7, 11) is 1.68. The molecule has 0 radical (unpaired) electrons. The van der Waals surface area contributed by atoms with Crippen LogP contribution in [0, 0.1) is 12.8 Å². The standard InChI is InChI=1S/C15H20O2/c1-9(2)12-8-13(15(16)11-5-6-11)10(3)7-14(12)17-4/h7-9,11H,5-6H2,1-4H3. The highest BCUT2D eigenvalue weighted by atomic mass is 16.5. The maximum Gasteiger partial charge on any atom is 0.166 e. The van der Waals surface area contributed by atoms with Crippen LogP contribution in [-0.4, -0.2) is 12.9 Å². The molecule has 1 aromatic carbocycles. The first-order valence-corrected chi connectivity index (χ1v) is 6.27. The number of carbonyl (C=O) groups is 1. The largest absolute Gasteiger partial charge is 0.496 e. The average Bonchev–Trinajstić information content (AvgIpc) is 3.11. The SMILES string of the molecule is COc1cc(C)c(C(=O)C2CC2)cc1C(C)C. The number of Topliss-reactive ketones (excluding diaryl/α,β-unsaturated/α-hetero) is 1. The van der Waals surface area contributed by atoms with Gasteiger partial charge < -0.3 is 4.74 Å². The second-order valence-electron chi connectivity index (χ2n) is 5.20. The van der Waals surface area contributed by atoms with Crippen molar-refractivity contribution in [1.29, 1.82) is 0 Å². The van der Waals surface area contributed by atoms with Gasteiger partial charge >= 0.3 is 0 Å². The third-order valence-corrected chi connectivity index (χ3v) is 3.41. The van der Waals surface area contributed by atoms with E-state index in [1.54, 1.807) is 7.11 Å². The van der Waals surface area contributed by atoms with E-state index >= 15 is 0 Å². The van der Waals surface area contributed by atoms with Crippen LogP contribution in [0.2, 0.25) is 0 Å². The molecule has 1 aliphatic rings. The Kier molecular flexibility index (Phi) is 3.23. The Hall–Kier alpha value is -1.31. The van der Waals surface area contributed by atoms with Crippen LogP contribution >= 0.6 is 0 Å². The molecule has 0 aliphatic heterocycles. The minimum Gasteiger partial charge on any atom is -0.496 e. The number of hydrogen-bond donors (Lipinski definition) is 0. The molecule has 0 heterocycles. The predicted octanol–water partition coefficient (Wildman–Crippen LogP) is 3.72. The Morgan fingerprint density at radius 3 is 2.47 bits per heavy atom. The van der Waals surface area contributed by atoms with Gasteiger partial charge in [0.1, 0.15) is 5.75 Å². The molecular formula is C15H20O2. The summed E-state index contributed by atoms with van der Waals surface area (Å²) in [5.74, 6) is 1.86. The molecule has 0 unspecified atom stereocenters. The molecule has 0 aromatic heterocycles. The van der Waals surface area contributed by atoms with Gasteiger partial charge in [0.2, 0.25) is 0 Å². The monoisotopic (exact) mass is 232 g/mol. The number of rotatable bonds is 4. The van der Waals surface area contributed by atoms with E-state index < -0.39 is 0 Å². The molecule has 0 bridgehead atoms. The summed E-state index contributed by atoms with van der Waals surface area (Å²) < 4.78 is 5.39. The van der Waals surface area contributed by atoms with E-state index in [1.807, 2.05) is 19.1 Å². The predicted molar refractivity (Wildman–Crippen MR) is 68.9 cm³/mol. The van der Waals surface area contributed by atoms with Gasteiger partial charge in [-0.2, -0.15) is 0 Å². The topological polar surface area (TPSA) is 26.3 Å². The molecule has 1 saturated carbocycles. The number of ether oxygens (including phenoxy) is 1. The zero-order valence-electron chi connectivity index (χ0n) is 11.0. The molecule has 2 nitrogen and oxygen atoms in total. The van der Waals surface area contributed by atoms with Crippen LogP contribution in [0.15, 0.2) is 12.1 Å². The van der Waals surface area contributed by atoms with Crippen molar-refractivity contribution in [1.82, 2.24) is 0 Å². The van der Waals surface area contributed by atoms with Crippen LogP contribution < -0.4 is 4.74 Å². The summed E-state index contributed by atoms with van der Waals surface area (Å²) in [6.07, 6.45) is 2.11. The summed E-state index contributed by atoms with van der Waals surface area (Å²) in [5, 5.41) is 0. The van der Waals surface area contributed by atoms with Gasteiger partial charge in [-0.15, -0.1) is 0 Å². The molecule has 2 heteroatoms. The lowest BCUT2D eigenvalue weighted by atomic mass is 9.93. The van der Waals surface area contributed by atoms with Gasteiger partial charge in [0.15, 0.2) is 5.78 Å². The fraction of sp³-hybridized carbons (Fsp3) is 0.533. The van der Waals surface area contributed by atoms with Crippen LogP contribution in [0.3, 0.4) is 0 Å². The minimum atomic E-state index is 0.280. The maximum absolute atomic E-state index is 12.2. The van der Waals surface area contributed by atoms with Gasteiger partial charge in [-0.05, 0) is 48.9 Å². The Morgan fingerprint density at radius 1 is 1.35 bits per heavy atom. The quantitative estimate of drug-likeness (QED) is 0.739. The van der Waals surface area contributed by atoms with Crippen molar-refractivity contribution in [2.45, 2.75) is 39.5 Å². The van der Waals surface area contributed by atoms with Crippen molar-refractivity contribution in [3.8, 4) is 5.75 Å². The van der Waals surface area contributed by atoms with E-state index in [2.05, 4.69) is 13.8 Å². The molecule has 0 saturated heterocycles. The first-order chi connectivity index (χ1) is 8.04. The molecule has 1 aromatic rings. The van der Waals surface area contributed by atoms with Crippen LogP contribution in [0.5, 0.6) is 5.75 Å². The fourth-order valence-electron chi connectivity index (χ4n) is 2.16. The molecule has 0 N–H and O–H groups in total. The van der Waals surface area contributed by atoms with E-state index in [4.69, 9.17) is 4.74 Å². The highest BCUT2D eigenvalue weighted by molar-refractivity contribution is 6.00. The van der Waals surface area contributed by atoms with Crippen molar-refractivity contribution in [3.63, 3.8) is 0 Å². The highest BCUT2D eigenvalue weighted by Crippen LogP contribution is 2.36. The zero-order chi connectivity index (χ0) is 12.6. The summed E-state index contributed by atoms with van der Waals surface area (Å²) in [6, 6.07) is 4.02. The lowest BCUT2D eigenvalue weighted by Crippen LogP contribution is -2.06. The van der Waals surface area contributed by atoms with Gasteiger partial charge in [0.25, 0.3) is 0 Å². The zero-order valence-corrected chi connectivity index (χ0v) is 11.0. The van der Waals surface area contributed by atoms with E-state index in [0.717, 1.165) is 35.3 Å². The van der Waals surface area contributed by atoms with Crippen molar-refractivity contribution in [2.75, 3.05) is 7.11 Å². The van der Waals surface area contributed by atoms with Gasteiger partial charge in [-0.1, -0.05) is 13.8 Å². The third-order valence-electron chi connectivity index (χ3n) is 3.41. The molecule has 17 heavy (non-hydrogen) atoms. The normalized spacial score (nSPS) is 15.1. The molecular weight excluding hydrogens is 212 g/mol. The maximum atomic E-state index is 12.2. The van der Waals surface area contributed by atoms with Crippen LogP contribution in [0.25, 0.3) is 0 Å². The van der Waals surface area contributed by atoms with Crippen LogP contribution in [-0.2, 0) is 0 Å². The van der Waals surface area contributed by atoms with Gasteiger partial charge in [-0.25, -0.2) is 0 Å². The number of benzene rings is 1. The molecule has 0 spiro atoms. The second-order valence-corrected chi connectivity index (χ2v) is 5.20. The van der Waals surface area contributed by atoms with Gasteiger partial charge in [0.05, 0.1) is 7.11 Å². The van der Waals surface area contributed by atoms with Crippen molar-refractivity contribution < 1.29 is 9.53 Å². The third kappa shape index (κ3) is 2.36. The molecule has 0 atom stereocenters. The van der Waals surface area contributed by atoms with Crippen molar-refractivity contribution >= 4 is 5.78 Å². The molecule has 92 valence electrons. The number of aryl methyl sites for hydroxylation is 1. The molecule has 1 aliphatic carbocycles. The number of methoxy groups -OCH3 is 1. The first kappa shape index (κ1) is 12.2. The summed E-state index contributed by atoms with van der Waals surface area (Å²) >= 11 is 0. The van der Waals surface area contributed by atoms with E-state index in [1.165, 1.54) is 0 Å². The lowest BCUT2D eigenvalue weighted by Gasteiger charge is -2.15. The molecule has 0 amide bonds. The minimum absolute atomic E-state index is 0.280. The Morgan fingerprint density at radius 2 is 2.00 bits per heavy atom. The Bertz CT molecular complexity index is 442. The molecule has 1 fully saturated rings.